The summed E-state index contributed by atoms with van der Waals surface area (Å²) in [7, 11) is 0. The molecule has 0 bridgehead atoms. The fraction of sp³-hybridized carbons (Fsp3) is 0.0476. The smallest absolute Gasteiger partial charge is 0.230 e. The van der Waals surface area contributed by atoms with Crippen LogP contribution in [0, 0.1) is 0 Å². The van der Waals surface area contributed by atoms with Gasteiger partial charge in [0.2, 0.25) is 6.79 Å². The molecule has 0 aliphatic carbocycles. The van der Waals surface area contributed by atoms with E-state index >= 15 is 0 Å². The van der Waals surface area contributed by atoms with Gasteiger partial charge in [0, 0.05) is 20.1 Å². The monoisotopic (exact) mass is 454 g/mol. The van der Waals surface area contributed by atoms with Gasteiger partial charge in [-0.15, -0.1) is 0 Å². The van der Waals surface area contributed by atoms with E-state index in [1.807, 2.05) is 12.1 Å². The van der Waals surface area contributed by atoms with Crippen LogP contribution >= 0.6 is 31.9 Å². The van der Waals surface area contributed by atoms with Crippen molar-refractivity contribution in [3.8, 4) is 22.6 Å². The number of hydrogen-bond acceptors (Lipinski definition) is 2. The second-order valence-corrected chi connectivity index (χ2v) is 7.85. The van der Waals surface area contributed by atoms with Crippen LogP contribution in [0.3, 0.4) is 0 Å². The lowest BCUT2D eigenvalue weighted by Gasteiger charge is -2.14. The van der Waals surface area contributed by atoms with Gasteiger partial charge >= 0.3 is 0 Å². The standard InChI is InChI=1S/C21H12Br2O2/c22-14-3-5-16-12(9-14)1-7-18-20(16)21-17-6-4-15(23)10-13(17)2-8-19(21)25-11-24-18/h1-10H,11H2. The Hall–Kier alpha value is -2.04. The van der Waals surface area contributed by atoms with Crippen molar-refractivity contribution in [2.45, 2.75) is 0 Å². The molecule has 0 fully saturated rings. The first kappa shape index (κ1) is 15.2. The van der Waals surface area contributed by atoms with Gasteiger partial charge in [0.15, 0.2) is 0 Å². The Labute approximate surface area is 161 Å². The maximum absolute atomic E-state index is 5.90. The van der Waals surface area contributed by atoms with E-state index in [4.69, 9.17) is 9.47 Å². The maximum Gasteiger partial charge on any atom is 0.230 e. The van der Waals surface area contributed by atoms with E-state index in [0.29, 0.717) is 0 Å². The summed E-state index contributed by atoms with van der Waals surface area (Å²) in [6.07, 6.45) is 0. The Morgan fingerprint density at radius 2 is 1.08 bits per heavy atom. The van der Waals surface area contributed by atoms with Crippen LogP contribution in [0.5, 0.6) is 11.5 Å². The Kier molecular flexibility index (Phi) is 3.50. The van der Waals surface area contributed by atoms with Gasteiger partial charge in [0.1, 0.15) is 11.5 Å². The van der Waals surface area contributed by atoms with E-state index in [2.05, 4.69) is 80.4 Å². The van der Waals surface area contributed by atoms with Crippen LogP contribution in [0.4, 0.5) is 0 Å². The minimum absolute atomic E-state index is 0.212. The lowest BCUT2D eigenvalue weighted by atomic mass is 9.92. The highest BCUT2D eigenvalue weighted by molar-refractivity contribution is 9.10. The molecule has 25 heavy (non-hydrogen) atoms. The summed E-state index contributed by atoms with van der Waals surface area (Å²) in [5, 5.41) is 4.64. The number of halogens is 2. The van der Waals surface area contributed by atoms with Gasteiger partial charge in [-0.25, -0.2) is 0 Å². The average molecular weight is 456 g/mol. The molecule has 2 nitrogen and oxygen atoms in total. The van der Waals surface area contributed by atoms with Crippen molar-refractivity contribution < 1.29 is 9.47 Å². The molecule has 0 saturated heterocycles. The second kappa shape index (κ2) is 5.75. The first-order valence-corrected chi connectivity index (χ1v) is 9.50. The molecule has 0 spiro atoms. The maximum atomic E-state index is 5.90. The molecule has 5 rings (SSSR count). The summed E-state index contributed by atoms with van der Waals surface area (Å²) >= 11 is 7.12. The Bertz CT molecular complexity index is 1060. The molecular formula is C21H12Br2O2. The summed E-state index contributed by atoms with van der Waals surface area (Å²) in [4.78, 5) is 0. The molecule has 1 aliphatic rings. The van der Waals surface area contributed by atoms with Gasteiger partial charge in [0.25, 0.3) is 0 Å². The molecule has 122 valence electrons. The zero-order valence-corrected chi connectivity index (χ0v) is 16.2. The minimum atomic E-state index is 0.212. The van der Waals surface area contributed by atoms with Gasteiger partial charge in [-0.3, -0.25) is 0 Å². The quantitative estimate of drug-likeness (QED) is 0.286. The molecular weight excluding hydrogens is 444 g/mol. The highest BCUT2D eigenvalue weighted by atomic mass is 79.9. The molecule has 1 aliphatic heterocycles. The van der Waals surface area contributed by atoms with Crippen LogP contribution in [-0.4, -0.2) is 6.79 Å². The lowest BCUT2D eigenvalue weighted by molar-refractivity contribution is 0.125. The van der Waals surface area contributed by atoms with E-state index < -0.39 is 0 Å². The summed E-state index contributed by atoms with van der Waals surface area (Å²) in [6.45, 7) is 0.212. The highest BCUT2D eigenvalue weighted by Gasteiger charge is 2.21. The molecule has 0 aromatic heterocycles. The van der Waals surface area contributed by atoms with Crippen molar-refractivity contribution in [1.29, 1.82) is 0 Å². The lowest BCUT2D eigenvalue weighted by Crippen LogP contribution is -2.03. The van der Waals surface area contributed by atoms with Crippen LogP contribution in [0.15, 0.2) is 69.6 Å². The van der Waals surface area contributed by atoms with Crippen LogP contribution in [0.1, 0.15) is 0 Å². The van der Waals surface area contributed by atoms with Gasteiger partial charge in [-0.05, 0) is 57.9 Å². The Morgan fingerprint density at radius 3 is 1.56 bits per heavy atom. The number of ether oxygens (including phenoxy) is 2. The Morgan fingerprint density at radius 1 is 0.600 bits per heavy atom. The molecule has 0 N–H and O–H groups in total. The fourth-order valence-electron chi connectivity index (χ4n) is 3.47. The number of hydrogen-bond donors (Lipinski definition) is 0. The molecule has 0 amide bonds. The van der Waals surface area contributed by atoms with Crippen LogP contribution in [0.25, 0.3) is 32.7 Å². The molecule has 0 atom stereocenters. The third-order valence-corrected chi connectivity index (χ3v) is 5.55. The van der Waals surface area contributed by atoms with Gasteiger partial charge in [-0.2, -0.15) is 0 Å². The van der Waals surface area contributed by atoms with Gasteiger partial charge < -0.3 is 9.47 Å². The SMILES string of the molecule is Brc1ccc2c3c(ccc2c1)OCOc1ccc2cc(Br)ccc2c1-3. The zero-order chi connectivity index (χ0) is 17.0. The van der Waals surface area contributed by atoms with Crippen molar-refractivity contribution >= 4 is 53.4 Å². The average Bonchev–Trinajstić information content (AvgIpc) is 2.80. The molecule has 4 heteroatoms. The molecule has 1 heterocycles. The number of rotatable bonds is 0. The number of fused-ring (bicyclic) bond motifs is 7. The van der Waals surface area contributed by atoms with Crippen LogP contribution in [-0.2, 0) is 0 Å². The fourth-order valence-corrected chi connectivity index (χ4v) is 4.23. The van der Waals surface area contributed by atoms with E-state index in [9.17, 15) is 0 Å². The van der Waals surface area contributed by atoms with E-state index in [-0.39, 0.29) is 6.79 Å². The second-order valence-electron chi connectivity index (χ2n) is 6.01. The predicted octanol–water partition coefficient (Wildman–Crippen LogP) is 6.91. The molecule has 0 saturated carbocycles. The summed E-state index contributed by atoms with van der Waals surface area (Å²) in [6, 6.07) is 20.9. The van der Waals surface area contributed by atoms with Crippen molar-refractivity contribution in [2.24, 2.45) is 0 Å². The third-order valence-electron chi connectivity index (χ3n) is 4.57. The van der Waals surface area contributed by atoms with E-state index in [1.165, 1.54) is 10.8 Å². The van der Waals surface area contributed by atoms with Crippen molar-refractivity contribution in [3.63, 3.8) is 0 Å². The first-order valence-electron chi connectivity index (χ1n) is 7.91. The van der Waals surface area contributed by atoms with E-state index in [0.717, 1.165) is 42.3 Å². The highest BCUT2D eigenvalue weighted by Crippen LogP contribution is 2.47. The molecule has 4 aromatic rings. The normalized spacial score (nSPS) is 12.9. The van der Waals surface area contributed by atoms with Crippen LogP contribution in [0.2, 0.25) is 0 Å². The molecule has 0 radical (unpaired) electrons. The molecule has 0 unspecified atom stereocenters. The third kappa shape index (κ3) is 2.43. The van der Waals surface area contributed by atoms with Gasteiger partial charge in [0.05, 0.1) is 0 Å². The van der Waals surface area contributed by atoms with Crippen molar-refractivity contribution in [3.05, 3.63) is 69.6 Å². The minimum Gasteiger partial charge on any atom is -0.457 e. The van der Waals surface area contributed by atoms with Crippen LogP contribution < -0.4 is 9.47 Å². The summed E-state index contributed by atoms with van der Waals surface area (Å²) in [5.41, 5.74) is 2.18. The first-order chi connectivity index (χ1) is 12.2. The van der Waals surface area contributed by atoms with Gasteiger partial charge in [-0.1, -0.05) is 56.1 Å². The largest absolute Gasteiger partial charge is 0.457 e. The summed E-state index contributed by atoms with van der Waals surface area (Å²) < 4.78 is 13.9. The summed E-state index contributed by atoms with van der Waals surface area (Å²) in [5.74, 6) is 1.70. The Balaban J connectivity index is 1.97. The zero-order valence-electron chi connectivity index (χ0n) is 13.1. The topological polar surface area (TPSA) is 18.5 Å². The van der Waals surface area contributed by atoms with E-state index in [1.54, 1.807) is 0 Å². The number of benzene rings is 4. The molecule has 4 aromatic carbocycles. The van der Waals surface area contributed by atoms with Crippen molar-refractivity contribution in [2.75, 3.05) is 6.79 Å². The van der Waals surface area contributed by atoms with Crippen molar-refractivity contribution in [1.82, 2.24) is 0 Å². The predicted molar refractivity (Wildman–Crippen MR) is 108 cm³/mol.